The lowest BCUT2D eigenvalue weighted by molar-refractivity contribution is 0.129. The molecule has 0 saturated carbocycles. The van der Waals surface area contributed by atoms with Crippen LogP contribution < -0.4 is 10.5 Å². The second-order valence-corrected chi connectivity index (χ2v) is 4.18. The molecule has 0 aliphatic carbocycles. The van der Waals surface area contributed by atoms with Gasteiger partial charge in [0.2, 0.25) is 0 Å². The van der Waals surface area contributed by atoms with Crippen LogP contribution in [0.5, 0.6) is 5.75 Å². The third kappa shape index (κ3) is 3.51. The second-order valence-electron chi connectivity index (χ2n) is 4.18. The molecule has 0 aliphatic rings. The second kappa shape index (κ2) is 5.87. The Morgan fingerprint density at radius 2 is 2.06 bits per heavy atom. The first-order chi connectivity index (χ1) is 7.63. The van der Waals surface area contributed by atoms with E-state index in [0.717, 1.165) is 18.6 Å². The number of methoxy groups -OCH3 is 2. The Hall–Kier alpha value is -1.06. The van der Waals surface area contributed by atoms with Gasteiger partial charge in [-0.15, -0.1) is 0 Å². The average Bonchev–Trinajstić information content (AvgIpc) is 2.29. The normalized spacial score (nSPS) is 14.5. The summed E-state index contributed by atoms with van der Waals surface area (Å²) >= 11 is 0. The Morgan fingerprint density at radius 1 is 1.31 bits per heavy atom. The first kappa shape index (κ1) is 13.0. The topological polar surface area (TPSA) is 44.5 Å². The molecule has 0 saturated heterocycles. The molecule has 0 aliphatic heterocycles. The molecule has 1 aromatic carbocycles. The van der Waals surface area contributed by atoms with Gasteiger partial charge in [-0.3, -0.25) is 0 Å². The number of ether oxygens (including phenoxy) is 2. The Labute approximate surface area is 97.6 Å². The van der Waals surface area contributed by atoms with Gasteiger partial charge in [-0.1, -0.05) is 19.1 Å². The van der Waals surface area contributed by atoms with E-state index in [0.29, 0.717) is 6.61 Å². The van der Waals surface area contributed by atoms with Crippen molar-refractivity contribution in [2.24, 2.45) is 5.73 Å². The van der Waals surface area contributed by atoms with Crippen molar-refractivity contribution < 1.29 is 9.47 Å². The van der Waals surface area contributed by atoms with Crippen LogP contribution in [0.25, 0.3) is 0 Å². The van der Waals surface area contributed by atoms with Gasteiger partial charge in [-0.25, -0.2) is 0 Å². The highest BCUT2D eigenvalue weighted by Gasteiger charge is 2.23. The van der Waals surface area contributed by atoms with E-state index >= 15 is 0 Å². The first-order valence-corrected chi connectivity index (χ1v) is 5.54. The third-order valence-electron chi connectivity index (χ3n) is 2.83. The highest BCUT2D eigenvalue weighted by atomic mass is 16.5. The molecule has 0 aromatic heterocycles. The van der Waals surface area contributed by atoms with Gasteiger partial charge in [-0.05, 0) is 30.5 Å². The third-order valence-corrected chi connectivity index (χ3v) is 2.83. The summed E-state index contributed by atoms with van der Waals surface area (Å²) in [6.45, 7) is 2.65. The summed E-state index contributed by atoms with van der Waals surface area (Å²) < 4.78 is 10.4. The molecule has 3 heteroatoms. The lowest BCUT2D eigenvalue weighted by Gasteiger charge is -2.27. The first-order valence-electron chi connectivity index (χ1n) is 5.54. The molecule has 0 heterocycles. The van der Waals surface area contributed by atoms with E-state index in [9.17, 15) is 0 Å². The highest BCUT2D eigenvalue weighted by molar-refractivity contribution is 5.29. The van der Waals surface area contributed by atoms with Gasteiger partial charge in [0.25, 0.3) is 0 Å². The van der Waals surface area contributed by atoms with Gasteiger partial charge in [0.15, 0.2) is 0 Å². The van der Waals surface area contributed by atoms with Crippen LogP contribution in [0.1, 0.15) is 18.9 Å². The van der Waals surface area contributed by atoms with E-state index in [1.54, 1.807) is 14.2 Å². The van der Waals surface area contributed by atoms with E-state index in [1.165, 1.54) is 5.56 Å². The van der Waals surface area contributed by atoms with Crippen molar-refractivity contribution in [3.63, 3.8) is 0 Å². The lowest BCUT2D eigenvalue weighted by Crippen LogP contribution is -2.45. The van der Waals surface area contributed by atoms with E-state index in [2.05, 4.69) is 13.0 Å². The molecular formula is C13H21NO2. The summed E-state index contributed by atoms with van der Waals surface area (Å²) in [5.74, 6) is 0.869. The molecule has 2 N–H and O–H groups in total. The summed E-state index contributed by atoms with van der Waals surface area (Å²) in [6, 6.07) is 8.00. The maximum atomic E-state index is 6.27. The van der Waals surface area contributed by atoms with E-state index in [-0.39, 0.29) is 5.54 Å². The number of hydrogen-bond acceptors (Lipinski definition) is 3. The molecule has 16 heavy (non-hydrogen) atoms. The molecule has 1 rings (SSSR count). The van der Waals surface area contributed by atoms with Crippen molar-refractivity contribution in [1.29, 1.82) is 0 Å². The zero-order valence-electron chi connectivity index (χ0n) is 10.3. The minimum absolute atomic E-state index is 0.291. The molecule has 0 amide bonds. The fourth-order valence-electron chi connectivity index (χ4n) is 1.75. The number of rotatable bonds is 6. The van der Waals surface area contributed by atoms with E-state index in [4.69, 9.17) is 15.2 Å². The van der Waals surface area contributed by atoms with Crippen molar-refractivity contribution in [2.45, 2.75) is 25.3 Å². The highest BCUT2D eigenvalue weighted by Crippen LogP contribution is 2.19. The summed E-state index contributed by atoms with van der Waals surface area (Å²) in [5.41, 5.74) is 7.16. The number of benzene rings is 1. The molecule has 1 atom stereocenters. The van der Waals surface area contributed by atoms with Crippen molar-refractivity contribution >= 4 is 0 Å². The maximum Gasteiger partial charge on any atom is 0.119 e. The van der Waals surface area contributed by atoms with E-state index < -0.39 is 0 Å². The van der Waals surface area contributed by atoms with Crippen molar-refractivity contribution in [3.05, 3.63) is 29.8 Å². The van der Waals surface area contributed by atoms with Gasteiger partial charge >= 0.3 is 0 Å². The molecule has 1 unspecified atom stereocenters. The van der Waals surface area contributed by atoms with Gasteiger partial charge in [-0.2, -0.15) is 0 Å². The summed E-state index contributed by atoms with van der Waals surface area (Å²) in [4.78, 5) is 0. The zero-order valence-corrected chi connectivity index (χ0v) is 10.3. The van der Waals surface area contributed by atoms with Crippen LogP contribution in [0.3, 0.4) is 0 Å². The summed E-state index contributed by atoms with van der Waals surface area (Å²) in [7, 11) is 3.35. The largest absolute Gasteiger partial charge is 0.497 e. The summed E-state index contributed by atoms with van der Waals surface area (Å²) in [5, 5.41) is 0. The van der Waals surface area contributed by atoms with Crippen LogP contribution in [-0.4, -0.2) is 26.4 Å². The molecule has 0 radical (unpaired) electrons. The zero-order chi connectivity index (χ0) is 12.0. The van der Waals surface area contributed by atoms with Gasteiger partial charge in [0, 0.05) is 12.6 Å². The number of nitrogens with two attached hydrogens (primary N) is 1. The Morgan fingerprint density at radius 3 is 2.62 bits per heavy atom. The molecule has 1 aromatic rings. The average molecular weight is 223 g/mol. The SMILES string of the molecule is CCC(N)(COC)Cc1cccc(OC)c1. The lowest BCUT2D eigenvalue weighted by atomic mass is 9.90. The minimum atomic E-state index is -0.291. The quantitative estimate of drug-likeness (QED) is 0.802. The fourth-order valence-corrected chi connectivity index (χ4v) is 1.75. The van der Waals surface area contributed by atoms with Gasteiger partial charge < -0.3 is 15.2 Å². The van der Waals surface area contributed by atoms with Crippen LogP contribution >= 0.6 is 0 Å². The number of hydrogen-bond donors (Lipinski definition) is 1. The van der Waals surface area contributed by atoms with Gasteiger partial charge in [0.05, 0.1) is 13.7 Å². The molecule has 90 valence electrons. The predicted molar refractivity (Wildman–Crippen MR) is 65.8 cm³/mol. The Kier molecular flexibility index (Phi) is 4.77. The van der Waals surface area contributed by atoms with E-state index in [1.807, 2.05) is 18.2 Å². The minimum Gasteiger partial charge on any atom is -0.497 e. The molecular weight excluding hydrogens is 202 g/mol. The maximum absolute atomic E-state index is 6.27. The van der Waals surface area contributed by atoms with Gasteiger partial charge in [0.1, 0.15) is 5.75 Å². The van der Waals surface area contributed by atoms with Crippen LogP contribution in [0.2, 0.25) is 0 Å². The smallest absolute Gasteiger partial charge is 0.119 e. The monoisotopic (exact) mass is 223 g/mol. The molecule has 0 spiro atoms. The van der Waals surface area contributed by atoms with Crippen molar-refractivity contribution in [1.82, 2.24) is 0 Å². The predicted octanol–water partition coefficient (Wildman–Crippen LogP) is 1.99. The van der Waals surface area contributed by atoms with Crippen molar-refractivity contribution in [3.8, 4) is 5.75 Å². The van der Waals surface area contributed by atoms with Crippen LogP contribution in [0.4, 0.5) is 0 Å². The molecule has 0 bridgehead atoms. The van der Waals surface area contributed by atoms with Crippen molar-refractivity contribution in [2.75, 3.05) is 20.8 Å². The molecule has 3 nitrogen and oxygen atoms in total. The molecule has 0 fully saturated rings. The fraction of sp³-hybridized carbons (Fsp3) is 0.538. The standard InChI is InChI=1S/C13H21NO2/c1-4-13(14,10-15-2)9-11-6-5-7-12(8-11)16-3/h5-8H,4,9-10,14H2,1-3H3. The van der Waals surface area contributed by atoms with Crippen LogP contribution in [-0.2, 0) is 11.2 Å². The summed E-state index contributed by atoms with van der Waals surface area (Å²) in [6.07, 6.45) is 1.69. The Balaban J connectivity index is 2.77. The Bertz CT molecular complexity index is 327. The van der Waals surface area contributed by atoms with Crippen LogP contribution in [0, 0.1) is 0 Å². The van der Waals surface area contributed by atoms with Crippen LogP contribution in [0.15, 0.2) is 24.3 Å².